The normalized spacial score (nSPS) is 22.9. The highest BCUT2D eigenvalue weighted by Crippen LogP contribution is 2.57. The van der Waals surface area contributed by atoms with E-state index in [1.807, 2.05) is 6.92 Å². The van der Waals surface area contributed by atoms with Crippen LogP contribution in [0.2, 0.25) is 0 Å². The summed E-state index contributed by atoms with van der Waals surface area (Å²) in [6, 6.07) is 6.13. The van der Waals surface area contributed by atoms with Crippen molar-refractivity contribution in [3.05, 3.63) is 35.6 Å². The highest BCUT2D eigenvalue weighted by atomic mass is 19.1. The lowest BCUT2D eigenvalue weighted by atomic mass is 9.81. The van der Waals surface area contributed by atoms with Crippen LogP contribution in [0.4, 0.5) is 4.39 Å². The summed E-state index contributed by atoms with van der Waals surface area (Å²) >= 11 is 0. The van der Waals surface area contributed by atoms with Crippen molar-refractivity contribution in [2.45, 2.75) is 32.3 Å². The fraction of sp³-hybridized carbons (Fsp3) is 0.500. The second-order valence-electron chi connectivity index (χ2n) is 4.64. The molecule has 14 heavy (non-hydrogen) atoms. The Bertz CT molecular complexity index is 336. The number of halogens is 1. The van der Waals surface area contributed by atoms with Gasteiger partial charge in [-0.2, -0.15) is 0 Å². The van der Waals surface area contributed by atoms with E-state index < -0.39 is 5.60 Å². The smallest absolute Gasteiger partial charge is 0.123 e. The third-order valence-electron chi connectivity index (χ3n) is 3.58. The van der Waals surface area contributed by atoms with Crippen molar-refractivity contribution in [2.24, 2.45) is 5.41 Å². The molecule has 76 valence electrons. The second kappa shape index (κ2) is 2.80. The van der Waals surface area contributed by atoms with Gasteiger partial charge >= 0.3 is 0 Å². The van der Waals surface area contributed by atoms with Crippen molar-refractivity contribution in [1.29, 1.82) is 0 Å². The molecule has 1 fully saturated rings. The lowest BCUT2D eigenvalue weighted by molar-refractivity contribution is -0.0127. The standard InChI is InChI=1S/C12H15FO/c1-11(7-8-11)12(2,14)9-3-5-10(13)6-4-9/h3-6,14H,7-8H2,1-2H3. The van der Waals surface area contributed by atoms with Crippen LogP contribution in [0.15, 0.2) is 24.3 Å². The molecular weight excluding hydrogens is 179 g/mol. The van der Waals surface area contributed by atoms with E-state index in [9.17, 15) is 9.50 Å². The van der Waals surface area contributed by atoms with Gasteiger partial charge in [-0.15, -0.1) is 0 Å². The monoisotopic (exact) mass is 194 g/mol. The van der Waals surface area contributed by atoms with Gasteiger partial charge in [0.2, 0.25) is 0 Å². The van der Waals surface area contributed by atoms with Crippen molar-refractivity contribution >= 4 is 0 Å². The molecule has 0 aliphatic heterocycles. The number of benzene rings is 1. The minimum atomic E-state index is -0.833. The third-order valence-corrected chi connectivity index (χ3v) is 3.58. The first-order chi connectivity index (χ1) is 6.46. The molecule has 0 spiro atoms. The van der Waals surface area contributed by atoms with Crippen molar-refractivity contribution < 1.29 is 9.50 Å². The summed E-state index contributed by atoms with van der Waals surface area (Å²) in [5.74, 6) is -0.259. The Balaban J connectivity index is 2.34. The molecule has 0 heterocycles. The Morgan fingerprint density at radius 3 is 2.21 bits per heavy atom. The van der Waals surface area contributed by atoms with Crippen LogP contribution in [0.25, 0.3) is 0 Å². The van der Waals surface area contributed by atoms with E-state index in [0.717, 1.165) is 18.4 Å². The number of rotatable bonds is 2. The predicted octanol–water partition coefficient (Wildman–Crippen LogP) is 2.83. The molecule has 0 bridgehead atoms. The third kappa shape index (κ3) is 1.34. The van der Waals surface area contributed by atoms with Gasteiger partial charge in [0.25, 0.3) is 0 Å². The largest absolute Gasteiger partial charge is 0.385 e. The lowest BCUT2D eigenvalue weighted by Crippen LogP contribution is -2.31. The number of aliphatic hydroxyl groups is 1. The fourth-order valence-electron chi connectivity index (χ4n) is 1.80. The molecule has 1 aliphatic carbocycles. The Labute approximate surface area is 83.6 Å². The zero-order valence-electron chi connectivity index (χ0n) is 8.55. The molecule has 0 saturated heterocycles. The molecule has 0 radical (unpaired) electrons. The van der Waals surface area contributed by atoms with E-state index in [4.69, 9.17) is 0 Å². The maximum atomic E-state index is 12.7. The quantitative estimate of drug-likeness (QED) is 0.767. The number of hydrogen-bond acceptors (Lipinski definition) is 1. The first kappa shape index (κ1) is 9.66. The molecule has 1 aromatic rings. The van der Waals surface area contributed by atoms with Crippen molar-refractivity contribution in [3.8, 4) is 0 Å². The van der Waals surface area contributed by atoms with Gasteiger partial charge in [0.15, 0.2) is 0 Å². The van der Waals surface area contributed by atoms with E-state index in [-0.39, 0.29) is 11.2 Å². The van der Waals surface area contributed by atoms with Gasteiger partial charge in [-0.25, -0.2) is 4.39 Å². The molecule has 2 heteroatoms. The molecule has 1 aliphatic rings. The molecule has 1 unspecified atom stereocenters. The van der Waals surface area contributed by atoms with Crippen LogP contribution in [-0.2, 0) is 5.60 Å². The van der Waals surface area contributed by atoms with E-state index in [0.29, 0.717) is 0 Å². The minimum Gasteiger partial charge on any atom is -0.385 e. The summed E-state index contributed by atoms with van der Waals surface area (Å²) in [6.07, 6.45) is 2.08. The first-order valence-corrected chi connectivity index (χ1v) is 4.94. The summed E-state index contributed by atoms with van der Waals surface area (Å²) in [7, 11) is 0. The van der Waals surface area contributed by atoms with E-state index in [1.54, 1.807) is 12.1 Å². The molecule has 0 aromatic heterocycles. The van der Waals surface area contributed by atoms with Gasteiger partial charge in [-0.1, -0.05) is 19.1 Å². The zero-order valence-corrected chi connectivity index (χ0v) is 8.55. The molecule has 1 nitrogen and oxygen atoms in total. The van der Waals surface area contributed by atoms with Gasteiger partial charge < -0.3 is 5.11 Å². The first-order valence-electron chi connectivity index (χ1n) is 4.94. The van der Waals surface area contributed by atoms with Crippen LogP contribution in [0.3, 0.4) is 0 Å². The lowest BCUT2D eigenvalue weighted by Gasteiger charge is -2.31. The Morgan fingerprint density at radius 2 is 1.79 bits per heavy atom. The summed E-state index contributed by atoms with van der Waals surface area (Å²) < 4.78 is 12.7. The van der Waals surface area contributed by atoms with Gasteiger partial charge in [-0.3, -0.25) is 0 Å². The van der Waals surface area contributed by atoms with Crippen LogP contribution < -0.4 is 0 Å². The van der Waals surface area contributed by atoms with Crippen molar-refractivity contribution in [2.75, 3.05) is 0 Å². The molecule has 1 aromatic carbocycles. The van der Waals surface area contributed by atoms with Gasteiger partial charge in [0.05, 0.1) is 5.60 Å². The van der Waals surface area contributed by atoms with Crippen LogP contribution >= 0.6 is 0 Å². The number of hydrogen-bond donors (Lipinski definition) is 1. The highest BCUT2D eigenvalue weighted by Gasteiger charge is 2.52. The highest BCUT2D eigenvalue weighted by molar-refractivity contribution is 5.27. The average Bonchev–Trinajstić information content (AvgIpc) is 2.86. The van der Waals surface area contributed by atoms with Crippen LogP contribution in [-0.4, -0.2) is 5.11 Å². The Hall–Kier alpha value is -0.890. The van der Waals surface area contributed by atoms with Gasteiger partial charge in [0, 0.05) is 5.41 Å². The molecule has 1 N–H and O–H groups in total. The van der Waals surface area contributed by atoms with E-state index >= 15 is 0 Å². The van der Waals surface area contributed by atoms with Gasteiger partial charge in [0.1, 0.15) is 5.82 Å². The predicted molar refractivity (Wildman–Crippen MR) is 53.3 cm³/mol. The van der Waals surface area contributed by atoms with E-state index in [1.165, 1.54) is 12.1 Å². The molecule has 1 saturated carbocycles. The topological polar surface area (TPSA) is 20.2 Å². The molecule has 2 rings (SSSR count). The van der Waals surface area contributed by atoms with Gasteiger partial charge in [-0.05, 0) is 37.5 Å². The molecular formula is C12H15FO. The SMILES string of the molecule is CC1(C(C)(O)c2ccc(F)cc2)CC1. The van der Waals surface area contributed by atoms with E-state index in [2.05, 4.69) is 6.92 Å². The van der Waals surface area contributed by atoms with Crippen LogP contribution in [0.1, 0.15) is 32.3 Å². The summed E-state index contributed by atoms with van der Waals surface area (Å²) in [6.45, 7) is 3.88. The van der Waals surface area contributed by atoms with Crippen molar-refractivity contribution in [1.82, 2.24) is 0 Å². The molecule has 1 atom stereocenters. The summed E-state index contributed by atoms with van der Waals surface area (Å²) in [5.41, 5.74) is -0.0511. The maximum Gasteiger partial charge on any atom is 0.123 e. The zero-order chi connectivity index (χ0) is 10.4. The van der Waals surface area contributed by atoms with Crippen LogP contribution in [0.5, 0.6) is 0 Å². The summed E-state index contributed by atoms with van der Waals surface area (Å²) in [5, 5.41) is 10.4. The average molecular weight is 194 g/mol. The summed E-state index contributed by atoms with van der Waals surface area (Å²) in [4.78, 5) is 0. The van der Waals surface area contributed by atoms with Crippen LogP contribution in [0, 0.1) is 11.2 Å². The molecule has 0 amide bonds. The fourth-order valence-corrected chi connectivity index (χ4v) is 1.80. The van der Waals surface area contributed by atoms with Crippen molar-refractivity contribution in [3.63, 3.8) is 0 Å². The Kier molecular flexibility index (Phi) is 1.93. The minimum absolute atomic E-state index is 0.0230. The second-order valence-corrected chi connectivity index (χ2v) is 4.64. The Morgan fingerprint density at radius 1 is 1.29 bits per heavy atom. The maximum absolute atomic E-state index is 12.7.